The van der Waals surface area contributed by atoms with E-state index in [4.69, 9.17) is 5.73 Å². The number of carbonyl (C=O) groups is 1. The lowest BCUT2D eigenvalue weighted by Crippen LogP contribution is -2.40. The van der Waals surface area contributed by atoms with Crippen LogP contribution in [0, 0.1) is 5.92 Å². The molecule has 0 fully saturated rings. The van der Waals surface area contributed by atoms with Crippen LogP contribution in [0.1, 0.15) is 32.1 Å². The number of nitrogens with one attached hydrogen (secondary N) is 1. The highest BCUT2D eigenvalue weighted by Gasteiger charge is 2.23. The molecule has 0 radical (unpaired) electrons. The van der Waals surface area contributed by atoms with Crippen LogP contribution in [-0.2, 0) is 11.2 Å². The number of amides is 1. The van der Waals surface area contributed by atoms with Crippen molar-refractivity contribution < 1.29 is 4.79 Å². The van der Waals surface area contributed by atoms with Crippen LogP contribution in [0.3, 0.4) is 0 Å². The lowest BCUT2D eigenvalue weighted by molar-refractivity contribution is -0.119. The summed E-state index contributed by atoms with van der Waals surface area (Å²) in [6.07, 6.45) is 3.36. The first-order chi connectivity index (χ1) is 9.56. The van der Waals surface area contributed by atoms with E-state index in [1.54, 1.807) is 11.3 Å². The van der Waals surface area contributed by atoms with Crippen LogP contribution in [0.25, 0.3) is 10.2 Å². The number of rotatable bonds is 6. The lowest BCUT2D eigenvalue weighted by atomic mass is 9.98. The Labute approximate surface area is 122 Å². The molecule has 0 aliphatic heterocycles. The van der Waals surface area contributed by atoms with Crippen molar-refractivity contribution in [2.45, 2.75) is 39.7 Å². The molecule has 0 unspecified atom stereocenters. The molecule has 0 aliphatic carbocycles. The van der Waals surface area contributed by atoms with Crippen LogP contribution in [0.15, 0.2) is 12.4 Å². The number of hydrogen-bond donors (Lipinski definition) is 2. The minimum atomic E-state index is -0.414. The van der Waals surface area contributed by atoms with Gasteiger partial charge in [-0.2, -0.15) is 0 Å². The molecule has 2 atom stereocenters. The van der Waals surface area contributed by atoms with Gasteiger partial charge in [0, 0.05) is 4.88 Å². The predicted molar refractivity (Wildman–Crippen MR) is 82.9 cm³/mol. The van der Waals surface area contributed by atoms with Crippen molar-refractivity contribution in [3.05, 3.63) is 17.3 Å². The fourth-order valence-electron chi connectivity index (χ4n) is 2.07. The average Bonchev–Trinajstić information content (AvgIpc) is 2.87. The van der Waals surface area contributed by atoms with Crippen molar-refractivity contribution in [3.63, 3.8) is 0 Å². The third kappa shape index (κ3) is 2.90. The summed E-state index contributed by atoms with van der Waals surface area (Å²) >= 11 is 1.65. The largest absolute Gasteiger partial charge is 0.368 e. The zero-order valence-electron chi connectivity index (χ0n) is 12.0. The first-order valence-electron chi connectivity index (χ1n) is 6.86. The Balaban J connectivity index is 2.36. The molecule has 0 aliphatic rings. The number of primary amides is 1. The summed E-state index contributed by atoms with van der Waals surface area (Å²) in [6.45, 7) is 6.15. The molecule has 5 nitrogen and oxygen atoms in total. The fraction of sp³-hybridized carbons (Fsp3) is 0.500. The van der Waals surface area contributed by atoms with Gasteiger partial charge in [0.15, 0.2) is 0 Å². The summed E-state index contributed by atoms with van der Waals surface area (Å²) in [5.41, 5.74) is 5.49. The number of aromatic nitrogens is 2. The van der Waals surface area contributed by atoms with E-state index in [-0.39, 0.29) is 11.8 Å². The molecule has 0 saturated heterocycles. The third-order valence-electron chi connectivity index (χ3n) is 3.54. The third-order valence-corrected chi connectivity index (χ3v) is 4.73. The van der Waals surface area contributed by atoms with Gasteiger partial charge in [-0.1, -0.05) is 27.2 Å². The smallest absolute Gasteiger partial charge is 0.240 e. The van der Waals surface area contributed by atoms with Crippen molar-refractivity contribution in [1.29, 1.82) is 0 Å². The number of hydrogen-bond acceptors (Lipinski definition) is 5. The molecule has 2 aromatic rings. The molecule has 2 rings (SSSR count). The molecule has 6 heteroatoms. The Hall–Kier alpha value is -1.69. The number of aryl methyl sites for hydroxylation is 1. The molecule has 0 bridgehead atoms. The van der Waals surface area contributed by atoms with Gasteiger partial charge < -0.3 is 11.1 Å². The molecule has 0 aromatic carbocycles. The van der Waals surface area contributed by atoms with Crippen molar-refractivity contribution >= 4 is 33.3 Å². The van der Waals surface area contributed by atoms with E-state index in [0.29, 0.717) is 5.82 Å². The Morgan fingerprint density at radius 1 is 1.45 bits per heavy atom. The second kappa shape index (κ2) is 6.17. The standard InChI is InChI=1S/C14H20N4OS/c1-4-8(3)11(12(15)19)18-13-10-6-9(5-2)20-14(10)17-7-16-13/h6-8,11H,4-5H2,1-3H3,(H2,15,19)(H,16,17,18)/t8-,11-/m1/s1. The molecule has 2 aromatic heterocycles. The van der Waals surface area contributed by atoms with Crippen molar-refractivity contribution in [3.8, 4) is 0 Å². The summed E-state index contributed by atoms with van der Waals surface area (Å²) in [7, 11) is 0. The van der Waals surface area contributed by atoms with Crippen LogP contribution in [0.5, 0.6) is 0 Å². The maximum absolute atomic E-state index is 11.6. The van der Waals surface area contributed by atoms with E-state index in [9.17, 15) is 4.79 Å². The lowest BCUT2D eigenvalue weighted by Gasteiger charge is -2.21. The van der Waals surface area contributed by atoms with E-state index in [1.165, 1.54) is 11.2 Å². The molecular formula is C14H20N4OS. The molecule has 0 saturated carbocycles. The van der Waals surface area contributed by atoms with Gasteiger partial charge in [0.25, 0.3) is 0 Å². The van der Waals surface area contributed by atoms with Crippen LogP contribution < -0.4 is 11.1 Å². The molecule has 1 amide bonds. The number of carbonyl (C=O) groups excluding carboxylic acids is 1. The first-order valence-corrected chi connectivity index (χ1v) is 7.67. The average molecular weight is 292 g/mol. The van der Waals surface area contributed by atoms with Crippen molar-refractivity contribution in [2.75, 3.05) is 5.32 Å². The second-order valence-electron chi connectivity index (χ2n) is 4.92. The Morgan fingerprint density at radius 2 is 2.20 bits per heavy atom. The molecule has 3 N–H and O–H groups in total. The summed E-state index contributed by atoms with van der Waals surface area (Å²) in [6, 6.07) is 1.67. The van der Waals surface area contributed by atoms with E-state index in [2.05, 4.69) is 28.3 Å². The van der Waals surface area contributed by atoms with Gasteiger partial charge in [0.05, 0.1) is 5.39 Å². The number of fused-ring (bicyclic) bond motifs is 1. The highest BCUT2D eigenvalue weighted by atomic mass is 32.1. The van der Waals surface area contributed by atoms with E-state index >= 15 is 0 Å². The van der Waals surface area contributed by atoms with E-state index < -0.39 is 6.04 Å². The van der Waals surface area contributed by atoms with Crippen LogP contribution in [-0.4, -0.2) is 21.9 Å². The number of nitrogens with two attached hydrogens (primary N) is 1. The quantitative estimate of drug-likeness (QED) is 0.857. The summed E-state index contributed by atoms with van der Waals surface area (Å²) in [4.78, 5) is 22.4. The van der Waals surface area contributed by atoms with Gasteiger partial charge >= 0.3 is 0 Å². The molecule has 0 spiro atoms. The maximum atomic E-state index is 11.6. The normalized spacial score (nSPS) is 14.2. The Kier molecular flexibility index (Phi) is 4.54. The van der Waals surface area contributed by atoms with Crippen molar-refractivity contribution in [2.24, 2.45) is 11.7 Å². The molecule has 108 valence electrons. The number of nitrogens with zero attached hydrogens (tertiary/aromatic N) is 2. The highest BCUT2D eigenvalue weighted by Crippen LogP contribution is 2.29. The maximum Gasteiger partial charge on any atom is 0.240 e. The fourth-order valence-corrected chi connectivity index (χ4v) is 3.01. The summed E-state index contributed by atoms with van der Waals surface area (Å²) in [5.74, 6) is 0.494. The highest BCUT2D eigenvalue weighted by molar-refractivity contribution is 7.18. The van der Waals surface area contributed by atoms with Gasteiger partial charge in [-0.3, -0.25) is 4.79 Å². The summed E-state index contributed by atoms with van der Waals surface area (Å²) in [5, 5.41) is 4.15. The molecular weight excluding hydrogens is 272 g/mol. The second-order valence-corrected chi connectivity index (χ2v) is 6.03. The Bertz CT molecular complexity index is 610. The van der Waals surface area contributed by atoms with Gasteiger partial charge in [0.1, 0.15) is 23.0 Å². The summed E-state index contributed by atoms with van der Waals surface area (Å²) < 4.78 is 0. The van der Waals surface area contributed by atoms with Crippen LogP contribution >= 0.6 is 11.3 Å². The monoisotopic (exact) mass is 292 g/mol. The predicted octanol–water partition coefficient (Wildman–Crippen LogP) is 2.57. The number of thiophene rings is 1. The Morgan fingerprint density at radius 3 is 2.80 bits per heavy atom. The zero-order valence-corrected chi connectivity index (χ0v) is 12.8. The minimum Gasteiger partial charge on any atom is -0.368 e. The first kappa shape index (κ1) is 14.7. The number of anilines is 1. The van der Waals surface area contributed by atoms with Crippen LogP contribution in [0.2, 0.25) is 0 Å². The minimum absolute atomic E-state index is 0.154. The molecule has 2 heterocycles. The van der Waals surface area contributed by atoms with E-state index in [0.717, 1.165) is 23.1 Å². The molecule has 20 heavy (non-hydrogen) atoms. The zero-order chi connectivity index (χ0) is 14.7. The van der Waals surface area contributed by atoms with Gasteiger partial charge in [-0.05, 0) is 18.4 Å². The van der Waals surface area contributed by atoms with Gasteiger partial charge in [-0.25, -0.2) is 9.97 Å². The van der Waals surface area contributed by atoms with Gasteiger partial charge in [-0.15, -0.1) is 11.3 Å². The van der Waals surface area contributed by atoms with Crippen molar-refractivity contribution in [1.82, 2.24) is 9.97 Å². The SMILES string of the molecule is CCc1cc2c(N[C@@H](C(N)=O)[C@H](C)CC)ncnc2s1. The van der Waals surface area contributed by atoms with Crippen LogP contribution in [0.4, 0.5) is 5.82 Å². The van der Waals surface area contributed by atoms with Gasteiger partial charge in [0.2, 0.25) is 5.91 Å². The topological polar surface area (TPSA) is 80.9 Å². The van der Waals surface area contributed by atoms with E-state index in [1.807, 2.05) is 13.8 Å².